The van der Waals surface area contributed by atoms with Crippen LogP contribution in [0, 0.1) is 0 Å². The molecule has 9 nitrogen and oxygen atoms in total. The van der Waals surface area contributed by atoms with Gasteiger partial charge in [0, 0.05) is 12.8 Å². The van der Waals surface area contributed by atoms with Crippen LogP contribution in [-0.2, 0) is 33.3 Å². The molecule has 1 N–H and O–H groups in total. The molecule has 0 heterocycles. The van der Waals surface area contributed by atoms with Gasteiger partial charge in [-0.3, -0.25) is 9.59 Å². The first kappa shape index (κ1) is 77.5. The Labute approximate surface area is 500 Å². The zero-order valence-corrected chi connectivity index (χ0v) is 53.4. The molecule has 0 aliphatic heterocycles. The van der Waals surface area contributed by atoms with Crippen molar-refractivity contribution in [2.45, 2.75) is 309 Å². The number of quaternary nitrogens is 1. The lowest BCUT2D eigenvalue weighted by Crippen LogP contribution is -2.40. The van der Waals surface area contributed by atoms with Crippen LogP contribution in [0.25, 0.3) is 0 Å². The molecule has 0 aliphatic rings. The maximum Gasteiger partial charge on any atom is 0.361 e. The summed E-state index contributed by atoms with van der Waals surface area (Å²) in [6, 6.07) is 0. The van der Waals surface area contributed by atoms with Crippen LogP contribution < -0.4 is 0 Å². The standard InChI is InChI=1S/C72H127NO8/c1-6-8-10-12-14-16-18-20-22-24-26-27-28-29-30-31-32-33-34-35-36-37-38-39-40-41-42-43-45-47-49-51-53-55-57-59-61-63-70(75)81-68(67-80-72(71(76)77)78-65-64-73(3,4)5)66-79-69(74)62-60-58-56-54-52-50-48-46-44-25-23-21-19-17-15-13-11-9-7-2/h8,10,14,16,20-23,26-27,29-30,32-33,68,72H,6-7,9,11-13,15,17-19,24-25,28,31,34-67H2,1-5H3/p+1/b10-8-,16-14-,22-20-,23-21-,27-26-,30-29-,33-32-. The van der Waals surface area contributed by atoms with E-state index in [0.29, 0.717) is 17.4 Å². The highest BCUT2D eigenvalue weighted by Gasteiger charge is 2.25. The summed E-state index contributed by atoms with van der Waals surface area (Å²) in [6.45, 7) is 4.79. The van der Waals surface area contributed by atoms with Crippen LogP contribution in [0.1, 0.15) is 296 Å². The first-order valence-electron chi connectivity index (χ1n) is 33.8. The fraction of sp³-hybridized carbons (Fsp3) is 0.764. The van der Waals surface area contributed by atoms with E-state index in [-0.39, 0.29) is 32.2 Å². The van der Waals surface area contributed by atoms with E-state index in [2.05, 4.69) is 98.9 Å². The van der Waals surface area contributed by atoms with Crippen LogP contribution >= 0.6 is 0 Å². The largest absolute Gasteiger partial charge is 0.477 e. The Hall–Kier alpha value is -3.53. The van der Waals surface area contributed by atoms with Crippen molar-refractivity contribution < 1.29 is 42.9 Å². The van der Waals surface area contributed by atoms with Crippen molar-refractivity contribution >= 4 is 17.9 Å². The lowest BCUT2D eigenvalue weighted by molar-refractivity contribution is -0.870. The molecule has 0 fully saturated rings. The number of esters is 2. The fourth-order valence-corrected chi connectivity index (χ4v) is 9.48. The number of carbonyl (C=O) groups excluding carboxylic acids is 2. The quantitative estimate of drug-likeness (QED) is 0.0211. The van der Waals surface area contributed by atoms with E-state index in [1.807, 2.05) is 21.1 Å². The molecule has 0 bridgehead atoms. The van der Waals surface area contributed by atoms with Gasteiger partial charge in [0.1, 0.15) is 13.2 Å². The molecule has 0 amide bonds. The lowest BCUT2D eigenvalue weighted by atomic mass is 10.0. The van der Waals surface area contributed by atoms with Crippen molar-refractivity contribution in [3.05, 3.63) is 85.1 Å². The van der Waals surface area contributed by atoms with Crippen molar-refractivity contribution in [1.82, 2.24) is 0 Å². The Morgan fingerprint density at radius 2 is 0.704 bits per heavy atom. The number of unbranched alkanes of at least 4 members (excludes halogenated alkanes) is 33. The van der Waals surface area contributed by atoms with Crippen molar-refractivity contribution in [2.75, 3.05) is 47.5 Å². The second-order valence-electron chi connectivity index (χ2n) is 23.7. The van der Waals surface area contributed by atoms with Gasteiger partial charge in [0.15, 0.2) is 6.10 Å². The minimum Gasteiger partial charge on any atom is -0.477 e. The number of likely N-dealkylation sites (N-methyl/N-ethyl adjacent to an activating group) is 1. The molecule has 2 atom stereocenters. The Bertz CT molecular complexity index is 1600. The van der Waals surface area contributed by atoms with Gasteiger partial charge >= 0.3 is 17.9 Å². The molecule has 2 unspecified atom stereocenters. The first-order chi connectivity index (χ1) is 39.6. The van der Waals surface area contributed by atoms with E-state index in [9.17, 15) is 19.5 Å². The molecule has 0 aromatic heterocycles. The summed E-state index contributed by atoms with van der Waals surface area (Å²) in [7, 11) is 5.98. The van der Waals surface area contributed by atoms with Gasteiger partial charge in [0.2, 0.25) is 0 Å². The van der Waals surface area contributed by atoms with Crippen LogP contribution in [-0.4, -0.2) is 87.4 Å². The van der Waals surface area contributed by atoms with Crippen LogP contribution in [0.4, 0.5) is 0 Å². The Morgan fingerprint density at radius 1 is 0.383 bits per heavy atom. The van der Waals surface area contributed by atoms with Gasteiger partial charge in [-0.25, -0.2) is 4.79 Å². The number of nitrogens with zero attached hydrogens (tertiary/aromatic N) is 1. The summed E-state index contributed by atoms with van der Waals surface area (Å²) in [5, 5.41) is 9.73. The molecule has 0 spiro atoms. The topological polar surface area (TPSA) is 108 Å². The van der Waals surface area contributed by atoms with Crippen molar-refractivity contribution in [2.24, 2.45) is 0 Å². The minimum atomic E-state index is -1.51. The number of aliphatic carboxylic acids is 1. The summed E-state index contributed by atoms with van der Waals surface area (Å²) in [6.07, 6.45) is 81.2. The molecule has 0 saturated carbocycles. The maximum atomic E-state index is 12.9. The number of hydrogen-bond acceptors (Lipinski definition) is 7. The third-order valence-corrected chi connectivity index (χ3v) is 14.6. The molecule has 0 aromatic rings. The molecule has 0 saturated heterocycles. The average molecular weight is 1140 g/mol. The first-order valence-corrected chi connectivity index (χ1v) is 33.8. The molecule has 0 aliphatic carbocycles. The number of rotatable bonds is 62. The highest BCUT2D eigenvalue weighted by Crippen LogP contribution is 2.17. The van der Waals surface area contributed by atoms with E-state index in [1.54, 1.807) is 0 Å². The highest BCUT2D eigenvalue weighted by molar-refractivity contribution is 5.71. The van der Waals surface area contributed by atoms with E-state index in [0.717, 1.165) is 77.0 Å². The summed E-state index contributed by atoms with van der Waals surface area (Å²) < 4.78 is 23.0. The van der Waals surface area contributed by atoms with E-state index in [1.165, 1.54) is 193 Å². The number of carboxylic acids is 1. The van der Waals surface area contributed by atoms with Crippen molar-refractivity contribution in [3.8, 4) is 0 Å². The maximum absolute atomic E-state index is 12.9. The zero-order valence-electron chi connectivity index (χ0n) is 53.4. The molecule has 0 aromatic carbocycles. The molecule has 0 radical (unpaired) electrons. The molecule has 9 heteroatoms. The number of allylic oxidation sites excluding steroid dienone is 14. The predicted octanol–water partition coefficient (Wildman–Crippen LogP) is 20.7. The molecular formula is C72H128NO8+. The number of carbonyl (C=O) groups is 3. The van der Waals surface area contributed by atoms with Crippen LogP contribution in [0.2, 0.25) is 0 Å². The van der Waals surface area contributed by atoms with Crippen molar-refractivity contribution in [3.63, 3.8) is 0 Å². The highest BCUT2D eigenvalue weighted by atomic mass is 16.7. The van der Waals surface area contributed by atoms with E-state index in [4.69, 9.17) is 18.9 Å². The summed E-state index contributed by atoms with van der Waals surface area (Å²) in [4.78, 5) is 37.5. The number of ether oxygens (including phenoxy) is 4. The molecular weight excluding hydrogens is 1010 g/mol. The van der Waals surface area contributed by atoms with Gasteiger partial charge in [-0.2, -0.15) is 0 Å². The summed E-state index contributed by atoms with van der Waals surface area (Å²) in [5.41, 5.74) is 0. The van der Waals surface area contributed by atoms with Gasteiger partial charge in [0.25, 0.3) is 6.29 Å². The van der Waals surface area contributed by atoms with Crippen LogP contribution in [0.3, 0.4) is 0 Å². The van der Waals surface area contributed by atoms with E-state index < -0.39 is 24.3 Å². The SMILES string of the molecule is CC/C=C\C/C=C\C/C=C\C/C=C\C/C=C\C/C=C\CCCCCCCCCCCCCCCCCCCCC(=O)OC(COC(=O)CCCCCCCCCCC/C=C\CCCCCCCC)COC(OCC[N+](C)(C)C)C(=O)O. The lowest BCUT2D eigenvalue weighted by Gasteiger charge is -2.25. The molecule has 0 rings (SSSR count). The van der Waals surface area contributed by atoms with Crippen LogP contribution in [0.15, 0.2) is 85.1 Å². The fourth-order valence-electron chi connectivity index (χ4n) is 9.48. The Kier molecular flexibility index (Phi) is 59.8. The van der Waals surface area contributed by atoms with Gasteiger partial charge in [-0.1, -0.05) is 279 Å². The second-order valence-corrected chi connectivity index (χ2v) is 23.7. The van der Waals surface area contributed by atoms with Gasteiger partial charge in [0.05, 0.1) is 34.4 Å². The average Bonchev–Trinajstić information content (AvgIpc) is 3.44. The van der Waals surface area contributed by atoms with Crippen molar-refractivity contribution in [1.29, 1.82) is 0 Å². The predicted molar refractivity (Wildman–Crippen MR) is 346 cm³/mol. The monoisotopic (exact) mass is 1130 g/mol. The molecule has 468 valence electrons. The number of hydrogen-bond donors (Lipinski definition) is 1. The Morgan fingerprint density at radius 3 is 1.06 bits per heavy atom. The minimum absolute atomic E-state index is 0.182. The third-order valence-electron chi connectivity index (χ3n) is 14.6. The number of carboxylic acid groups (broad SMARTS) is 1. The normalized spacial score (nSPS) is 13.2. The van der Waals surface area contributed by atoms with Crippen LogP contribution in [0.5, 0.6) is 0 Å². The second kappa shape index (κ2) is 62.5. The summed E-state index contributed by atoms with van der Waals surface area (Å²) >= 11 is 0. The smallest absolute Gasteiger partial charge is 0.361 e. The third kappa shape index (κ3) is 63.9. The van der Waals surface area contributed by atoms with Gasteiger partial charge < -0.3 is 28.5 Å². The van der Waals surface area contributed by atoms with E-state index >= 15 is 0 Å². The zero-order chi connectivity index (χ0) is 59.1. The van der Waals surface area contributed by atoms with Gasteiger partial charge in [-0.05, 0) is 89.9 Å². The van der Waals surface area contributed by atoms with Gasteiger partial charge in [-0.15, -0.1) is 0 Å². The summed E-state index contributed by atoms with van der Waals surface area (Å²) in [5.74, 6) is -1.99. The molecule has 81 heavy (non-hydrogen) atoms. The Balaban J connectivity index is 4.06.